The Labute approximate surface area is 123 Å². The maximum absolute atomic E-state index is 5.64. The molecule has 1 aromatic rings. The average Bonchev–Trinajstić information content (AvgIpc) is 3.09. The fourth-order valence-corrected chi connectivity index (χ4v) is 2.74. The van der Waals surface area contributed by atoms with Crippen molar-refractivity contribution in [2.24, 2.45) is 0 Å². The highest BCUT2D eigenvalue weighted by molar-refractivity contribution is 7.80. The average molecular weight is 294 g/mol. The van der Waals surface area contributed by atoms with E-state index in [1.807, 2.05) is 18.2 Å². The van der Waals surface area contributed by atoms with Crippen LogP contribution in [0.1, 0.15) is 19.8 Å². The standard InChI is InChI=1S/C14H18N2O3S/c1-9(11-3-2-6-17-11)15-14(20)16-10-4-5-12-13(7-10)19-8-18-12/h4-5,7,9,11H,2-3,6,8H2,1H3,(H2,15,16,20)/t9-,11-/m0/s1. The number of rotatable bonds is 3. The summed E-state index contributed by atoms with van der Waals surface area (Å²) in [7, 11) is 0. The maximum atomic E-state index is 5.64. The summed E-state index contributed by atoms with van der Waals surface area (Å²) in [6.45, 7) is 3.21. The molecule has 2 heterocycles. The monoisotopic (exact) mass is 294 g/mol. The van der Waals surface area contributed by atoms with Crippen LogP contribution in [0.5, 0.6) is 11.5 Å². The Kier molecular flexibility index (Phi) is 3.93. The van der Waals surface area contributed by atoms with Crippen molar-refractivity contribution in [3.8, 4) is 11.5 Å². The molecule has 1 aromatic carbocycles. The van der Waals surface area contributed by atoms with Crippen molar-refractivity contribution in [1.29, 1.82) is 0 Å². The lowest BCUT2D eigenvalue weighted by molar-refractivity contribution is 0.0895. The van der Waals surface area contributed by atoms with E-state index in [9.17, 15) is 0 Å². The van der Waals surface area contributed by atoms with E-state index < -0.39 is 0 Å². The Balaban J connectivity index is 1.55. The molecule has 20 heavy (non-hydrogen) atoms. The van der Waals surface area contributed by atoms with Gasteiger partial charge in [0, 0.05) is 18.4 Å². The van der Waals surface area contributed by atoms with Gasteiger partial charge in [0.05, 0.1) is 12.1 Å². The Hall–Kier alpha value is -1.53. The van der Waals surface area contributed by atoms with E-state index in [1.54, 1.807) is 0 Å². The van der Waals surface area contributed by atoms with Gasteiger partial charge in [-0.3, -0.25) is 0 Å². The van der Waals surface area contributed by atoms with Gasteiger partial charge in [0.2, 0.25) is 6.79 Å². The van der Waals surface area contributed by atoms with E-state index in [2.05, 4.69) is 17.6 Å². The van der Waals surface area contributed by atoms with Gasteiger partial charge in [-0.25, -0.2) is 0 Å². The molecule has 2 aliphatic heterocycles. The van der Waals surface area contributed by atoms with E-state index in [0.29, 0.717) is 5.11 Å². The van der Waals surface area contributed by atoms with Crippen molar-refractivity contribution in [3.63, 3.8) is 0 Å². The number of hydrogen-bond donors (Lipinski definition) is 2. The first-order valence-corrected chi connectivity index (χ1v) is 7.22. The van der Waals surface area contributed by atoms with Crippen LogP contribution < -0.4 is 20.1 Å². The number of hydrogen-bond acceptors (Lipinski definition) is 4. The minimum Gasteiger partial charge on any atom is -0.454 e. The van der Waals surface area contributed by atoms with Crippen LogP contribution in [-0.4, -0.2) is 30.7 Å². The zero-order chi connectivity index (χ0) is 13.9. The summed E-state index contributed by atoms with van der Waals surface area (Å²) < 4.78 is 16.3. The summed E-state index contributed by atoms with van der Waals surface area (Å²) in [4.78, 5) is 0. The molecule has 2 N–H and O–H groups in total. The first-order chi connectivity index (χ1) is 9.72. The van der Waals surface area contributed by atoms with Crippen LogP contribution in [0.4, 0.5) is 5.69 Å². The summed E-state index contributed by atoms with van der Waals surface area (Å²) in [5, 5.41) is 7.01. The SMILES string of the molecule is C[C@H](NC(=S)Nc1ccc2c(c1)OCO2)[C@@H]1CCCO1. The third-order valence-corrected chi connectivity index (χ3v) is 3.73. The number of anilines is 1. The smallest absolute Gasteiger partial charge is 0.231 e. The highest BCUT2D eigenvalue weighted by atomic mass is 32.1. The molecule has 6 heteroatoms. The molecule has 108 valence electrons. The number of fused-ring (bicyclic) bond motifs is 1. The summed E-state index contributed by atoms with van der Waals surface area (Å²) in [6, 6.07) is 5.87. The molecule has 0 saturated carbocycles. The lowest BCUT2D eigenvalue weighted by atomic mass is 10.1. The lowest BCUT2D eigenvalue weighted by Crippen LogP contribution is -2.42. The second-order valence-corrected chi connectivity index (χ2v) is 5.41. The lowest BCUT2D eigenvalue weighted by Gasteiger charge is -2.22. The van der Waals surface area contributed by atoms with E-state index in [0.717, 1.165) is 36.6 Å². The van der Waals surface area contributed by atoms with Gasteiger partial charge in [-0.1, -0.05) is 0 Å². The van der Waals surface area contributed by atoms with Crippen LogP contribution in [-0.2, 0) is 4.74 Å². The van der Waals surface area contributed by atoms with Crippen molar-refractivity contribution in [2.45, 2.75) is 31.9 Å². The van der Waals surface area contributed by atoms with Gasteiger partial charge in [-0.15, -0.1) is 0 Å². The van der Waals surface area contributed by atoms with Crippen LogP contribution in [0, 0.1) is 0 Å². The second-order valence-electron chi connectivity index (χ2n) is 5.01. The van der Waals surface area contributed by atoms with Crippen molar-refractivity contribution < 1.29 is 14.2 Å². The summed E-state index contributed by atoms with van der Waals surface area (Å²) in [6.07, 6.45) is 2.45. The number of thiocarbonyl (C=S) groups is 1. The molecular formula is C14H18N2O3S. The summed E-state index contributed by atoms with van der Waals surface area (Å²) in [5.41, 5.74) is 0.881. The van der Waals surface area contributed by atoms with Crippen molar-refractivity contribution in [2.75, 3.05) is 18.7 Å². The summed E-state index contributed by atoms with van der Waals surface area (Å²) >= 11 is 5.33. The molecule has 2 atom stereocenters. The zero-order valence-corrected chi connectivity index (χ0v) is 12.2. The Morgan fingerprint density at radius 2 is 2.20 bits per heavy atom. The highest BCUT2D eigenvalue weighted by Crippen LogP contribution is 2.34. The molecule has 1 saturated heterocycles. The first-order valence-electron chi connectivity index (χ1n) is 6.81. The van der Waals surface area contributed by atoms with Gasteiger partial charge in [0.25, 0.3) is 0 Å². The van der Waals surface area contributed by atoms with E-state index in [1.165, 1.54) is 0 Å². The minimum atomic E-state index is 0.200. The van der Waals surface area contributed by atoms with Gasteiger partial charge in [-0.05, 0) is 44.1 Å². The molecule has 0 bridgehead atoms. The Morgan fingerprint density at radius 3 is 3.00 bits per heavy atom. The molecule has 0 radical (unpaired) electrons. The molecule has 2 aliphatic rings. The summed E-state index contributed by atoms with van der Waals surface area (Å²) in [5.74, 6) is 1.51. The molecule has 1 fully saturated rings. The third-order valence-electron chi connectivity index (χ3n) is 3.51. The fraction of sp³-hybridized carbons (Fsp3) is 0.500. The van der Waals surface area contributed by atoms with Gasteiger partial charge in [0.1, 0.15) is 0 Å². The van der Waals surface area contributed by atoms with E-state index in [4.69, 9.17) is 26.4 Å². The maximum Gasteiger partial charge on any atom is 0.231 e. The number of nitrogens with one attached hydrogen (secondary N) is 2. The highest BCUT2D eigenvalue weighted by Gasteiger charge is 2.22. The second kappa shape index (κ2) is 5.85. The van der Waals surface area contributed by atoms with Crippen LogP contribution in [0.25, 0.3) is 0 Å². The number of benzene rings is 1. The predicted molar refractivity (Wildman–Crippen MR) is 80.4 cm³/mol. The zero-order valence-electron chi connectivity index (χ0n) is 11.3. The minimum absolute atomic E-state index is 0.200. The molecule has 0 amide bonds. The fourth-order valence-electron chi connectivity index (χ4n) is 2.44. The van der Waals surface area contributed by atoms with Crippen LogP contribution in [0.15, 0.2) is 18.2 Å². The largest absolute Gasteiger partial charge is 0.454 e. The van der Waals surface area contributed by atoms with E-state index in [-0.39, 0.29) is 18.9 Å². The first kappa shape index (κ1) is 13.5. The van der Waals surface area contributed by atoms with Crippen molar-refractivity contribution in [1.82, 2.24) is 5.32 Å². The van der Waals surface area contributed by atoms with E-state index >= 15 is 0 Å². The van der Waals surface area contributed by atoms with Gasteiger partial charge in [0.15, 0.2) is 16.6 Å². The molecule has 0 unspecified atom stereocenters. The predicted octanol–water partition coefficient (Wildman–Crippen LogP) is 2.27. The van der Waals surface area contributed by atoms with Crippen LogP contribution in [0.3, 0.4) is 0 Å². The quantitative estimate of drug-likeness (QED) is 0.834. The normalized spacial score (nSPS) is 21.6. The molecule has 3 rings (SSSR count). The van der Waals surface area contributed by atoms with Crippen molar-refractivity contribution >= 4 is 23.0 Å². The third kappa shape index (κ3) is 2.96. The van der Waals surface area contributed by atoms with Crippen LogP contribution >= 0.6 is 12.2 Å². The molecular weight excluding hydrogens is 276 g/mol. The molecule has 0 aliphatic carbocycles. The molecule has 0 aromatic heterocycles. The molecule has 5 nitrogen and oxygen atoms in total. The topological polar surface area (TPSA) is 51.8 Å². The van der Waals surface area contributed by atoms with Gasteiger partial charge < -0.3 is 24.8 Å². The number of ether oxygens (including phenoxy) is 3. The van der Waals surface area contributed by atoms with Gasteiger partial charge >= 0.3 is 0 Å². The van der Waals surface area contributed by atoms with Gasteiger partial charge in [-0.2, -0.15) is 0 Å². The Morgan fingerprint density at radius 1 is 1.35 bits per heavy atom. The molecule has 0 spiro atoms. The van der Waals surface area contributed by atoms with Crippen LogP contribution in [0.2, 0.25) is 0 Å². The van der Waals surface area contributed by atoms with Crippen molar-refractivity contribution in [3.05, 3.63) is 18.2 Å². The Bertz CT molecular complexity index is 503.